The topological polar surface area (TPSA) is 15.3 Å². The molecule has 2 heteroatoms. The van der Waals surface area contributed by atoms with Crippen LogP contribution in [0.1, 0.15) is 44.2 Å². The highest BCUT2D eigenvalue weighted by Gasteiger charge is 2.26. The molecule has 0 radical (unpaired) electrons. The molecular formula is C16H26N2. The summed E-state index contributed by atoms with van der Waals surface area (Å²) in [6.45, 7) is 4.27. The lowest BCUT2D eigenvalue weighted by Gasteiger charge is -2.33. The van der Waals surface area contributed by atoms with Crippen molar-refractivity contribution >= 4 is 0 Å². The highest BCUT2D eigenvalue weighted by molar-refractivity contribution is 5.19. The summed E-state index contributed by atoms with van der Waals surface area (Å²) in [7, 11) is 2.30. The number of rotatable bonds is 6. The second kappa shape index (κ2) is 6.91. The Morgan fingerprint density at radius 2 is 1.89 bits per heavy atom. The zero-order valence-electron chi connectivity index (χ0n) is 11.7. The molecule has 18 heavy (non-hydrogen) atoms. The average molecular weight is 246 g/mol. The van der Waals surface area contributed by atoms with Crippen LogP contribution in [0.15, 0.2) is 30.3 Å². The molecule has 1 unspecified atom stereocenters. The van der Waals surface area contributed by atoms with Crippen molar-refractivity contribution in [1.29, 1.82) is 0 Å². The first-order chi connectivity index (χ1) is 8.83. The molecule has 0 aromatic heterocycles. The van der Waals surface area contributed by atoms with Gasteiger partial charge in [-0.25, -0.2) is 0 Å². The van der Waals surface area contributed by atoms with E-state index in [4.69, 9.17) is 0 Å². The molecule has 1 atom stereocenters. The Morgan fingerprint density at radius 3 is 2.50 bits per heavy atom. The van der Waals surface area contributed by atoms with Crippen molar-refractivity contribution in [3.05, 3.63) is 35.9 Å². The lowest BCUT2D eigenvalue weighted by atomic mass is 10.0. The van der Waals surface area contributed by atoms with Crippen LogP contribution in [0.4, 0.5) is 0 Å². The maximum atomic E-state index is 3.51. The quantitative estimate of drug-likeness (QED) is 0.829. The number of nitrogens with one attached hydrogen (secondary N) is 1. The van der Waals surface area contributed by atoms with Crippen molar-refractivity contribution in [2.45, 2.75) is 44.7 Å². The predicted molar refractivity (Wildman–Crippen MR) is 77.7 cm³/mol. The Hall–Kier alpha value is -0.860. The molecule has 0 heterocycles. The van der Waals surface area contributed by atoms with Gasteiger partial charge in [-0.2, -0.15) is 0 Å². The van der Waals surface area contributed by atoms with Gasteiger partial charge >= 0.3 is 0 Å². The van der Waals surface area contributed by atoms with Gasteiger partial charge in [0.2, 0.25) is 0 Å². The molecule has 0 bridgehead atoms. The number of nitrogens with zero attached hydrogens (tertiary/aromatic N) is 1. The third-order valence-corrected chi connectivity index (χ3v) is 4.16. The van der Waals surface area contributed by atoms with E-state index in [1.54, 1.807) is 0 Å². The molecule has 1 N–H and O–H groups in total. The first-order valence-electron chi connectivity index (χ1n) is 7.30. The monoisotopic (exact) mass is 246 g/mol. The number of hydrogen-bond acceptors (Lipinski definition) is 2. The Morgan fingerprint density at radius 1 is 1.22 bits per heavy atom. The molecule has 1 aromatic carbocycles. The van der Waals surface area contributed by atoms with Gasteiger partial charge in [0.25, 0.3) is 0 Å². The minimum atomic E-state index is 0.509. The summed E-state index contributed by atoms with van der Waals surface area (Å²) in [6, 6.07) is 12.2. The molecule has 2 rings (SSSR count). The predicted octanol–water partition coefficient (Wildman–Crippen LogP) is 3.21. The van der Waals surface area contributed by atoms with Gasteiger partial charge in [-0.1, -0.05) is 50.1 Å². The van der Waals surface area contributed by atoms with Gasteiger partial charge in [0.15, 0.2) is 0 Å². The molecule has 1 aromatic rings. The second-order valence-electron chi connectivity index (χ2n) is 5.34. The SMILES string of the molecule is CCNCC(c1ccccc1)N(C)C1CCCC1. The summed E-state index contributed by atoms with van der Waals surface area (Å²) in [5.41, 5.74) is 1.44. The van der Waals surface area contributed by atoms with Crippen LogP contribution < -0.4 is 5.32 Å². The molecule has 1 aliphatic carbocycles. The van der Waals surface area contributed by atoms with Crippen LogP contribution >= 0.6 is 0 Å². The Bertz CT molecular complexity index is 330. The third kappa shape index (κ3) is 3.33. The third-order valence-electron chi connectivity index (χ3n) is 4.16. The van der Waals surface area contributed by atoms with Gasteiger partial charge in [0.05, 0.1) is 0 Å². The molecule has 0 saturated heterocycles. The van der Waals surface area contributed by atoms with Crippen LogP contribution in [0.25, 0.3) is 0 Å². The Labute approximate surface area is 111 Å². The minimum absolute atomic E-state index is 0.509. The summed E-state index contributed by atoms with van der Waals surface area (Å²) >= 11 is 0. The number of hydrogen-bond donors (Lipinski definition) is 1. The normalized spacial score (nSPS) is 18.4. The number of likely N-dealkylation sites (N-methyl/N-ethyl adjacent to an activating group) is 2. The van der Waals surface area contributed by atoms with Crippen molar-refractivity contribution < 1.29 is 0 Å². The molecule has 0 amide bonds. The molecule has 100 valence electrons. The molecular weight excluding hydrogens is 220 g/mol. The first-order valence-corrected chi connectivity index (χ1v) is 7.30. The van der Waals surface area contributed by atoms with Crippen LogP contribution in [-0.2, 0) is 0 Å². The molecule has 1 fully saturated rings. The second-order valence-corrected chi connectivity index (χ2v) is 5.34. The standard InChI is InChI=1S/C16H26N2/c1-3-17-13-16(14-9-5-4-6-10-14)18(2)15-11-7-8-12-15/h4-6,9-10,15-17H,3,7-8,11-13H2,1-2H3. The maximum Gasteiger partial charge on any atom is 0.0472 e. The minimum Gasteiger partial charge on any atom is -0.315 e. The van der Waals surface area contributed by atoms with E-state index in [0.29, 0.717) is 6.04 Å². The molecule has 1 saturated carbocycles. The fourth-order valence-electron chi connectivity index (χ4n) is 3.02. The highest BCUT2D eigenvalue weighted by atomic mass is 15.2. The van der Waals surface area contributed by atoms with E-state index >= 15 is 0 Å². The fourth-order valence-corrected chi connectivity index (χ4v) is 3.02. The van der Waals surface area contributed by atoms with Gasteiger partial charge < -0.3 is 5.32 Å². The molecule has 2 nitrogen and oxygen atoms in total. The van der Waals surface area contributed by atoms with Crippen LogP contribution in [0, 0.1) is 0 Å². The van der Waals surface area contributed by atoms with Gasteiger partial charge in [0.1, 0.15) is 0 Å². The summed E-state index contributed by atoms with van der Waals surface area (Å²) < 4.78 is 0. The molecule has 1 aliphatic rings. The van der Waals surface area contributed by atoms with E-state index < -0.39 is 0 Å². The van der Waals surface area contributed by atoms with Crippen molar-refractivity contribution in [2.24, 2.45) is 0 Å². The van der Waals surface area contributed by atoms with Crippen molar-refractivity contribution in [3.8, 4) is 0 Å². The van der Waals surface area contributed by atoms with E-state index in [1.807, 2.05) is 0 Å². The zero-order chi connectivity index (χ0) is 12.8. The highest BCUT2D eigenvalue weighted by Crippen LogP contribution is 2.29. The zero-order valence-corrected chi connectivity index (χ0v) is 11.7. The summed E-state index contributed by atoms with van der Waals surface area (Å²) in [5.74, 6) is 0. The smallest absolute Gasteiger partial charge is 0.0472 e. The van der Waals surface area contributed by atoms with Crippen molar-refractivity contribution in [1.82, 2.24) is 10.2 Å². The largest absolute Gasteiger partial charge is 0.315 e. The molecule has 0 spiro atoms. The number of benzene rings is 1. The summed E-state index contributed by atoms with van der Waals surface area (Å²) in [6.07, 6.45) is 5.54. The lowest BCUT2D eigenvalue weighted by Crippen LogP contribution is -2.38. The van der Waals surface area contributed by atoms with Crippen LogP contribution in [0.5, 0.6) is 0 Å². The van der Waals surface area contributed by atoms with Gasteiger partial charge in [-0.05, 0) is 32.0 Å². The van der Waals surface area contributed by atoms with Crippen molar-refractivity contribution in [3.63, 3.8) is 0 Å². The van der Waals surface area contributed by atoms with Gasteiger partial charge in [0, 0.05) is 18.6 Å². The first kappa shape index (κ1) is 13.6. The Kier molecular flexibility index (Phi) is 5.21. The maximum absolute atomic E-state index is 3.51. The van der Waals surface area contributed by atoms with E-state index in [1.165, 1.54) is 31.2 Å². The van der Waals surface area contributed by atoms with E-state index in [2.05, 4.69) is 54.5 Å². The summed E-state index contributed by atoms with van der Waals surface area (Å²) in [5, 5.41) is 3.51. The Balaban J connectivity index is 2.08. The fraction of sp³-hybridized carbons (Fsp3) is 0.625. The van der Waals surface area contributed by atoms with E-state index in [-0.39, 0.29) is 0 Å². The summed E-state index contributed by atoms with van der Waals surface area (Å²) in [4.78, 5) is 2.59. The van der Waals surface area contributed by atoms with E-state index in [0.717, 1.165) is 19.1 Å². The van der Waals surface area contributed by atoms with Gasteiger partial charge in [-0.3, -0.25) is 4.90 Å². The van der Waals surface area contributed by atoms with Crippen LogP contribution in [0.3, 0.4) is 0 Å². The van der Waals surface area contributed by atoms with Crippen LogP contribution in [-0.4, -0.2) is 31.1 Å². The van der Waals surface area contributed by atoms with Gasteiger partial charge in [-0.15, -0.1) is 0 Å². The lowest BCUT2D eigenvalue weighted by molar-refractivity contribution is 0.172. The van der Waals surface area contributed by atoms with Crippen molar-refractivity contribution in [2.75, 3.05) is 20.1 Å². The molecule has 0 aliphatic heterocycles. The van der Waals surface area contributed by atoms with E-state index in [9.17, 15) is 0 Å². The van der Waals surface area contributed by atoms with Crippen LogP contribution in [0.2, 0.25) is 0 Å². The average Bonchev–Trinajstić information content (AvgIpc) is 2.94.